The molecule has 0 aliphatic carbocycles. The van der Waals surface area contributed by atoms with Crippen LogP contribution in [0.2, 0.25) is 5.02 Å². The van der Waals surface area contributed by atoms with E-state index in [9.17, 15) is 18.0 Å². The van der Waals surface area contributed by atoms with Gasteiger partial charge < -0.3 is 5.32 Å². The van der Waals surface area contributed by atoms with Crippen molar-refractivity contribution in [2.24, 2.45) is 0 Å². The van der Waals surface area contributed by atoms with E-state index in [2.05, 4.69) is 21.2 Å². The molecule has 2 aromatic carbocycles. The van der Waals surface area contributed by atoms with Gasteiger partial charge in [-0.05, 0) is 28.1 Å². The fourth-order valence-electron chi connectivity index (χ4n) is 1.51. The number of nitrogens with one attached hydrogen (secondary N) is 1. The topological polar surface area (TPSA) is 29.1 Å². The predicted molar refractivity (Wildman–Crippen MR) is 73.4 cm³/mol. The smallest absolute Gasteiger partial charge is 0.257 e. The summed E-state index contributed by atoms with van der Waals surface area (Å²) in [6.45, 7) is 0. The van der Waals surface area contributed by atoms with Crippen molar-refractivity contribution in [2.75, 3.05) is 5.32 Å². The summed E-state index contributed by atoms with van der Waals surface area (Å²) in [4.78, 5) is 11.9. The van der Waals surface area contributed by atoms with Crippen LogP contribution in [0.15, 0.2) is 34.8 Å². The number of anilines is 1. The lowest BCUT2D eigenvalue weighted by Crippen LogP contribution is -2.13. The first-order valence-corrected chi connectivity index (χ1v) is 6.47. The van der Waals surface area contributed by atoms with Gasteiger partial charge in [-0.1, -0.05) is 17.7 Å². The molecule has 0 saturated carbocycles. The average molecular weight is 365 g/mol. The van der Waals surface area contributed by atoms with E-state index in [0.29, 0.717) is 16.6 Å². The van der Waals surface area contributed by atoms with Crippen molar-refractivity contribution in [3.05, 3.63) is 62.8 Å². The Kier molecular flexibility index (Phi) is 4.35. The van der Waals surface area contributed by atoms with Gasteiger partial charge in [0.1, 0.15) is 0 Å². The average Bonchev–Trinajstić information content (AvgIpc) is 2.39. The Morgan fingerprint density at radius 2 is 1.75 bits per heavy atom. The number of hydrogen-bond acceptors (Lipinski definition) is 1. The Labute approximate surface area is 125 Å². The molecule has 0 atom stereocenters. The minimum Gasteiger partial charge on any atom is -0.322 e. The van der Waals surface area contributed by atoms with Gasteiger partial charge in [-0.15, -0.1) is 0 Å². The maximum Gasteiger partial charge on any atom is 0.257 e. The first kappa shape index (κ1) is 14.9. The van der Waals surface area contributed by atoms with Gasteiger partial charge in [0.05, 0.1) is 10.6 Å². The maximum atomic E-state index is 13.0. The largest absolute Gasteiger partial charge is 0.322 e. The summed E-state index contributed by atoms with van der Waals surface area (Å²) in [5.74, 6) is -5.04. The molecule has 2 aromatic rings. The Balaban J connectivity index is 2.30. The summed E-state index contributed by atoms with van der Waals surface area (Å²) >= 11 is 9.08. The maximum absolute atomic E-state index is 13.0. The van der Waals surface area contributed by atoms with Crippen LogP contribution in [-0.4, -0.2) is 5.91 Å². The lowest BCUT2D eigenvalue weighted by Gasteiger charge is -2.08. The molecule has 0 aliphatic heterocycles. The van der Waals surface area contributed by atoms with Gasteiger partial charge in [0.15, 0.2) is 17.5 Å². The van der Waals surface area contributed by atoms with Crippen molar-refractivity contribution in [3.63, 3.8) is 0 Å². The van der Waals surface area contributed by atoms with Gasteiger partial charge in [-0.2, -0.15) is 0 Å². The molecule has 0 spiro atoms. The second kappa shape index (κ2) is 5.85. The molecule has 104 valence electrons. The normalized spacial score (nSPS) is 10.4. The van der Waals surface area contributed by atoms with Crippen LogP contribution >= 0.6 is 27.5 Å². The molecule has 20 heavy (non-hydrogen) atoms. The summed E-state index contributed by atoms with van der Waals surface area (Å²) in [6.07, 6.45) is 0. The Hall–Kier alpha value is -1.53. The standard InChI is InChI=1S/C13H6BrClF3NO/c14-8-3-1-2-7(11(8)15)13(20)19-6-4-9(16)12(18)10(17)5-6/h1-5H,(H,19,20). The molecule has 1 amide bonds. The van der Waals surface area contributed by atoms with Gasteiger partial charge in [-0.3, -0.25) is 4.79 Å². The van der Waals surface area contributed by atoms with Gasteiger partial charge >= 0.3 is 0 Å². The molecule has 0 fully saturated rings. The second-order valence-corrected chi connectivity index (χ2v) is 5.04. The first-order valence-electron chi connectivity index (χ1n) is 5.30. The third kappa shape index (κ3) is 2.96. The summed E-state index contributed by atoms with van der Waals surface area (Å²) in [5, 5.41) is 2.40. The molecular formula is C13H6BrClF3NO. The van der Waals surface area contributed by atoms with Gasteiger partial charge in [-0.25, -0.2) is 13.2 Å². The van der Waals surface area contributed by atoms with E-state index < -0.39 is 23.4 Å². The fraction of sp³-hybridized carbons (Fsp3) is 0. The highest BCUT2D eigenvalue weighted by Gasteiger charge is 2.15. The highest BCUT2D eigenvalue weighted by atomic mass is 79.9. The molecule has 2 nitrogen and oxygen atoms in total. The van der Waals surface area contributed by atoms with Crippen LogP contribution in [0.4, 0.5) is 18.9 Å². The summed E-state index contributed by atoms with van der Waals surface area (Å²) in [7, 11) is 0. The molecular weight excluding hydrogens is 358 g/mol. The van der Waals surface area contributed by atoms with E-state index in [-0.39, 0.29) is 16.3 Å². The molecule has 0 heterocycles. The van der Waals surface area contributed by atoms with E-state index in [1.54, 1.807) is 12.1 Å². The van der Waals surface area contributed by atoms with E-state index >= 15 is 0 Å². The quantitative estimate of drug-likeness (QED) is 0.764. The number of rotatable bonds is 2. The monoisotopic (exact) mass is 363 g/mol. The summed E-state index contributed by atoms with van der Waals surface area (Å²) in [5.41, 5.74) is -0.0892. The van der Waals surface area contributed by atoms with Crippen LogP contribution in [0, 0.1) is 17.5 Å². The molecule has 0 unspecified atom stereocenters. The third-order valence-electron chi connectivity index (χ3n) is 2.44. The zero-order valence-electron chi connectivity index (χ0n) is 9.68. The number of benzene rings is 2. The molecule has 2 rings (SSSR count). The highest BCUT2D eigenvalue weighted by molar-refractivity contribution is 9.10. The fourth-order valence-corrected chi connectivity index (χ4v) is 2.08. The number of carbonyl (C=O) groups excluding carboxylic acids is 1. The number of carbonyl (C=O) groups is 1. The van der Waals surface area contributed by atoms with Crippen LogP contribution in [0.3, 0.4) is 0 Å². The minimum atomic E-state index is -1.59. The van der Waals surface area contributed by atoms with Crippen molar-refractivity contribution in [1.82, 2.24) is 0 Å². The number of hydrogen-bond donors (Lipinski definition) is 1. The molecule has 7 heteroatoms. The Morgan fingerprint density at radius 3 is 2.35 bits per heavy atom. The second-order valence-electron chi connectivity index (χ2n) is 3.81. The van der Waals surface area contributed by atoms with Gasteiger partial charge in [0, 0.05) is 22.3 Å². The molecule has 0 aliphatic rings. The number of halogens is 5. The van der Waals surface area contributed by atoms with Crippen LogP contribution in [-0.2, 0) is 0 Å². The number of amides is 1. The Bertz CT molecular complexity index is 670. The van der Waals surface area contributed by atoms with Crippen molar-refractivity contribution in [1.29, 1.82) is 0 Å². The van der Waals surface area contributed by atoms with Crippen LogP contribution in [0.5, 0.6) is 0 Å². The lowest BCUT2D eigenvalue weighted by atomic mass is 10.2. The summed E-state index contributed by atoms with van der Waals surface area (Å²) < 4.78 is 39.4. The van der Waals surface area contributed by atoms with Crippen LogP contribution in [0.25, 0.3) is 0 Å². The van der Waals surface area contributed by atoms with Crippen molar-refractivity contribution in [2.45, 2.75) is 0 Å². The van der Waals surface area contributed by atoms with Crippen molar-refractivity contribution < 1.29 is 18.0 Å². The summed E-state index contributed by atoms with van der Waals surface area (Å²) in [6, 6.07) is 6.02. The molecule has 0 bridgehead atoms. The minimum absolute atomic E-state index is 0.117. The zero-order chi connectivity index (χ0) is 14.9. The van der Waals surface area contributed by atoms with Crippen LogP contribution < -0.4 is 5.32 Å². The van der Waals surface area contributed by atoms with Crippen molar-refractivity contribution >= 4 is 39.1 Å². The van der Waals surface area contributed by atoms with Crippen LogP contribution in [0.1, 0.15) is 10.4 Å². The van der Waals surface area contributed by atoms with E-state index in [1.807, 2.05) is 0 Å². The van der Waals surface area contributed by atoms with Gasteiger partial charge in [0.25, 0.3) is 5.91 Å². The SMILES string of the molecule is O=C(Nc1cc(F)c(F)c(F)c1)c1cccc(Br)c1Cl. The lowest BCUT2D eigenvalue weighted by molar-refractivity contribution is 0.102. The molecule has 0 saturated heterocycles. The third-order valence-corrected chi connectivity index (χ3v) is 3.73. The Morgan fingerprint density at radius 1 is 1.15 bits per heavy atom. The molecule has 0 aromatic heterocycles. The predicted octanol–water partition coefficient (Wildman–Crippen LogP) is 4.77. The highest BCUT2D eigenvalue weighted by Crippen LogP contribution is 2.27. The van der Waals surface area contributed by atoms with Gasteiger partial charge in [0.2, 0.25) is 0 Å². The van der Waals surface area contributed by atoms with Crippen molar-refractivity contribution in [3.8, 4) is 0 Å². The van der Waals surface area contributed by atoms with E-state index in [0.717, 1.165) is 0 Å². The van der Waals surface area contributed by atoms with E-state index in [1.165, 1.54) is 6.07 Å². The molecule has 1 N–H and O–H groups in total. The zero-order valence-corrected chi connectivity index (χ0v) is 12.0. The van der Waals surface area contributed by atoms with E-state index in [4.69, 9.17) is 11.6 Å². The first-order chi connectivity index (χ1) is 9.40. The molecule has 0 radical (unpaired) electrons.